The molecule has 2 unspecified atom stereocenters. The molecule has 2 aliphatic heterocycles. The predicted molar refractivity (Wildman–Crippen MR) is 98.6 cm³/mol. The molecule has 0 spiro atoms. The molecule has 2 saturated heterocycles. The van der Waals surface area contributed by atoms with E-state index in [0.717, 1.165) is 32.2 Å². The second kappa shape index (κ2) is 10.9. The lowest BCUT2D eigenvalue weighted by Crippen LogP contribution is -2.47. The highest BCUT2D eigenvalue weighted by molar-refractivity contribution is 5.80. The largest absolute Gasteiger partial charge is 0.382 e. The maximum Gasteiger partial charge on any atom is 0.193 e. The first-order chi connectivity index (χ1) is 11.8. The van der Waals surface area contributed by atoms with Crippen LogP contribution in [-0.2, 0) is 9.47 Å². The Hall–Kier alpha value is -0.850. The molecule has 0 aromatic carbocycles. The fourth-order valence-corrected chi connectivity index (χ4v) is 3.73. The molecule has 0 aromatic rings. The van der Waals surface area contributed by atoms with E-state index >= 15 is 0 Å². The molecule has 1 N–H and O–H groups in total. The van der Waals surface area contributed by atoms with Crippen LogP contribution in [0.1, 0.15) is 32.6 Å². The fraction of sp³-hybridized carbons (Fsp3) is 0.944. The molecule has 0 aliphatic carbocycles. The highest BCUT2D eigenvalue weighted by atomic mass is 16.5. The van der Waals surface area contributed by atoms with E-state index in [4.69, 9.17) is 9.47 Å². The van der Waals surface area contributed by atoms with E-state index in [2.05, 4.69) is 27.0 Å². The number of nitrogens with zero attached hydrogens (tertiary/aromatic N) is 3. The number of likely N-dealkylation sites (tertiary alicyclic amines) is 2. The summed E-state index contributed by atoms with van der Waals surface area (Å²) in [6.07, 6.45) is 5.07. The summed E-state index contributed by atoms with van der Waals surface area (Å²) < 4.78 is 10.7. The second-order valence-electron chi connectivity index (χ2n) is 6.90. The number of methoxy groups -OCH3 is 1. The molecule has 140 valence electrons. The Morgan fingerprint density at radius 1 is 1.25 bits per heavy atom. The van der Waals surface area contributed by atoms with Crippen molar-refractivity contribution >= 4 is 5.96 Å². The lowest BCUT2D eigenvalue weighted by Gasteiger charge is -2.29. The van der Waals surface area contributed by atoms with Crippen molar-refractivity contribution in [1.29, 1.82) is 0 Å². The Morgan fingerprint density at radius 3 is 2.71 bits per heavy atom. The van der Waals surface area contributed by atoms with Gasteiger partial charge in [0.05, 0.1) is 19.8 Å². The van der Waals surface area contributed by atoms with Crippen LogP contribution in [0.3, 0.4) is 0 Å². The number of hydrogen-bond donors (Lipinski definition) is 1. The summed E-state index contributed by atoms with van der Waals surface area (Å²) in [6.45, 7) is 10.1. The van der Waals surface area contributed by atoms with Gasteiger partial charge >= 0.3 is 0 Å². The minimum Gasteiger partial charge on any atom is -0.382 e. The average molecular weight is 341 g/mol. The summed E-state index contributed by atoms with van der Waals surface area (Å²) in [5, 5.41) is 3.61. The van der Waals surface area contributed by atoms with E-state index in [1.165, 1.54) is 38.8 Å². The Balaban J connectivity index is 1.71. The topological polar surface area (TPSA) is 49.3 Å². The third-order valence-electron chi connectivity index (χ3n) is 5.21. The van der Waals surface area contributed by atoms with Gasteiger partial charge in [-0.15, -0.1) is 0 Å². The Morgan fingerprint density at radius 2 is 2.04 bits per heavy atom. The first-order valence-electron chi connectivity index (χ1n) is 9.54. The van der Waals surface area contributed by atoms with Crippen LogP contribution in [-0.4, -0.2) is 88.5 Å². The van der Waals surface area contributed by atoms with Crippen molar-refractivity contribution in [3.05, 3.63) is 0 Å². The van der Waals surface area contributed by atoms with Crippen LogP contribution in [0.2, 0.25) is 0 Å². The van der Waals surface area contributed by atoms with Gasteiger partial charge < -0.3 is 19.7 Å². The van der Waals surface area contributed by atoms with Crippen LogP contribution in [0.4, 0.5) is 0 Å². The molecule has 2 fully saturated rings. The van der Waals surface area contributed by atoms with E-state index < -0.39 is 0 Å². The smallest absolute Gasteiger partial charge is 0.193 e. The number of nitrogens with one attached hydrogen (secondary N) is 1. The van der Waals surface area contributed by atoms with Crippen molar-refractivity contribution < 1.29 is 9.47 Å². The minimum absolute atomic E-state index is 0.598. The standard InChI is InChI=1S/C18H36N4O2/c1-4-17(21-8-5-6-9-21)13-20-18(19-2)22-10-7-16(14-22)15-24-12-11-23-3/h16-17H,4-15H2,1-3H3,(H,19,20). The third kappa shape index (κ3) is 5.90. The Labute approximate surface area is 147 Å². The highest BCUT2D eigenvalue weighted by Crippen LogP contribution is 2.17. The van der Waals surface area contributed by atoms with Crippen LogP contribution in [0.15, 0.2) is 4.99 Å². The lowest BCUT2D eigenvalue weighted by atomic mass is 10.1. The quantitative estimate of drug-likeness (QED) is 0.391. The van der Waals surface area contributed by atoms with E-state index in [-0.39, 0.29) is 0 Å². The zero-order chi connectivity index (χ0) is 17.2. The van der Waals surface area contributed by atoms with Crippen molar-refractivity contribution in [2.24, 2.45) is 10.9 Å². The number of rotatable bonds is 9. The van der Waals surface area contributed by atoms with Crippen LogP contribution in [0.5, 0.6) is 0 Å². The van der Waals surface area contributed by atoms with Gasteiger partial charge in [-0.3, -0.25) is 9.89 Å². The molecule has 6 heteroatoms. The maximum atomic E-state index is 5.68. The van der Waals surface area contributed by atoms with E-state index in [9.17, 15) is 0 Å². The molecule has 2 aliphatic rings. The van der Waals surface area contributed by atoms with E-state index in [1.807, 2.05) is 7.05 Å². The summed E-state index contributed by atoms with van der Waals surface area (Å²) >= 11 is 0. The highest BCUT2D eigenvalue weighted by Gasteiger charge is 2.26. The van der Waals surface area contributed by atoms with E-state index in [0.29, 0.717) is 25.2 Å². The number of ether oxygens (including phenoxy) is 2. The molecular formula is C18H36N4O2. The summed E-state index contributed by atoms with van der Waals surface area (Å²) in [5.74, 6) is 1.65. The van der Waals surface area contributed by atoms with Crippen molar-refractivity contribution in [1.82, 2.24) is 15.1 Å². The molecule has 0 amide bonds. The van der Waals surface area contributed by atoms with Crippen LogP contribution in [0.25, 0.3) is 0 Å². The first-order valence-corrected chi connectivity index (χ1v) is 9.54. The lowest BCUT2D eigenvalue weighted by molar-refractivity contribution is 0.0536. The second-order valence-corrected chi connectivity index (χ2v) is 6.90. The van der Waals surface area contributed by atoms with Gasteiger partial charge in [0.15, 0.2) is 5.96 Å². The van der Waals surface area contributed by atoms with Crippen molar-refractivity contribution in [3.63, 3.8) is 0 Å². The minimum atomic E-state index is 0.598. The van der Waals surface area contributed by atoms with Gasteiger partial charge in [0.2, 0.25) is 0 Å². The van der Waals surface area contributed by atoms with Gasteiger partial charge in [0.1, 0.15) is 0 Å². The summed E-state index contributed by atoms with van der Waals surface area (Å²) in [5.41, 5.74) is 0. The Bertz CT molecular complexity index is 372. The summed E-state index contributed by atoms with van der Waals surface area (Å²) in [4.78, 5) is 9.50. The first kappa shape index (κ1) is 19.5. The zero-order valence-electron chi connectivity index (χ0n) is 15.8. The molecular weight excluding hydrogens is 304 g/mol. The van der Waals surface area contributed by atoms with Gasteiger partial charge in [-0.05, 0) is 38.8 Å². The average Bonchev–Trinajstić information content (AvgIpc) is 3.28. The fourth-order valence-electron chi connectivity index (χ4n) is 3.73. The number of guanidine groups is 1. The van der Waals surface area contributed by atoms with Gasteiger partial charge in [0.25, 0.3) is 0 Å². The van der Waals surface area contributed by atoms with Gasteiger partial charge in [-0.25, -0.2) is 0 Å². The van der Waals surface area contributed by atoms with Gasteiger partial charge in [0, 0.05) is 45.8 Å². The molecule has 0 radical (unpaired) electrons. The predicted octanol–water partition coefficient (Wildman–Crippen LogP) is 1.42. The molecule has 2 heterocycles. The molecule has 2 atom stereocenters. The van der Waals surface area contributed by atoms with Crippen molar-refractivity contribution in [2.45, 2.75) is 38.6 Å². The normalized spacial score (nSPS) is 23.9. The molecule has 2 rings (SSSR count). The summed E-state index contributed by atoms with van der Waals surface area (Å²) in [6, 6.07) is 0.625. The SMILES string of the molecule is CCC(CNC(=NC)N1CCC(COCCOC)C1)N1CCCC1. The van der Waals surface area contributed by atoms with Crippen LogP contribution in [0, 0.1) is 5.92 Å². The number of hydrogen-bond acceptors (Lipinski definition) is 4. The molecule has 24 heavy (non-hydrogen) atoms. The maximum absolute atomic E-state index is 5.68. The van der Waals surface area contributed by atoms with Crippen molar-refractivity contribution in [2.75, 3.05) is 66.7 Å². The van der Waals surface area contributed by atoms with Crippen molar-refractivity contribution in [3.8, 4) is 0 Å². The van der Waals surface area contributed by atoms with Gasteiger partial charge in [-0.2, -0.15) is 0 Å². The molecule has 0 aromatic heterocycles. The molecule has 0 bridgehead atoms. The molecule has 6 nitrogen and oxygen atoms in total. The Kier molecular flexibility index (Phi) is 8.84. The number of aliphatic imine (C=N–C) groups is 1. The van der Waals surface area contributed by atoms with Gasteiger partial charge in [-0.1, -0.05) is 6.92 Å². The third-order valence-corrected chi connectivity index (χ3v) is 5.21. The van der Waals surface area contributed by atoms with E-state index in [1.54, 1.807) is 7.11 Å². The molecule has 0 saturated carbocycles. The monoisotopic (exact) mass is 340 g/mol. The van der Waals surface area contributed by atoms with Crippen LogP contribution < -0.4 is 5.32 Å². The van der Waals surface area contributed by atoms with Crippen LogP contribution >= 0.6 is 0 Å². The summed E-state index contributed by atoms with van der Waals surface area (Å²) in [7, 11) is 3.60. The zero-order valence-corrected chi connectivity index (χ0v) is 15.8.